The van der Waals surface area contributed by atoms with Gasteiger partial charge in [-0.3, -0.25) is 5.41 Å². The highest BCUT2D eigenvalue weighted by atomic mass is 15.2. The minimum Gasteiger partial charge on any atom is -0.370 e. The molecule has 0 bridgehead atoms. The van der Waals surface area contributed by atoms with E-state index in [-0.39, 0.29) is 5.96 Å². The second-order valence-corrected chi connectivity index (χ2v) is 3.85. The predicted octanol–water partition coefficient (Wildman–Crippen LogP) is 2.53. The summed E-state index contributed by atoms with van der Waals surface area (Å²) in [5, 5.41) is 7.36. The van der Waals surface area contributed by atoms with Crippen LogP contribution >= 0.6 is 0 Å². The highest BCUT2D eigenvalue weighted by Gasteiger charge is 2.07. The van der Waals surface area contributed by atoms with Gasteiger partial charge in [-0.2, -0.15) is 0 Å². The minimum absolute atomic E-state index is 0.0660. The van der Waals surface area contributed by atoms with Crippen LogP contribution in [0.2, 0.25) is 0 Å². The lowest BCUT2D eigenvalue weighted by molar-refractivity contribution is 0.733. The lowest BCUT2D eigenvalue weighted by Crippen LogP contribution is -2.32. The van der Waals surface area contributed by atoms with Gasteiger partial charge >= 0.3 is 0 Å². The number of nitrogens with zero attached hydrogens (tertiary/aromatic N) is 1. The average Bonchev–Trinajstić information content (AvgIpc) is 2.27. The Kier molecular flexibility index (Phi) is 3.72. The van der Waals surface area contributed by atoms with E-state index in [2.05, 4.69) is 26.0 Å². The fourth-order valence-corrected chi connectivity index (χ4v) is 1.41. The van der Waals surface area contributed by atoms with E-state index in [1.165, 1.54) is 5.56 Å². The van der Waals surface area contributed by atoms with Gasteiger partial charge in [0.05, 0.1) is 0 Å². The van der Waals surface area contributed by atoms with Crippen LogP contribution in [0.4, 0.5) is 5.69 Å². The molecule has 0 aliphatic carbocycles. The zero-order valence-corrected chi connectivity index (χ0v) is 9.62. The predicted molar refractivity (Wildman–Crippen MR) is 65.5 cm³/mol. The van der Waals surface area contributed by atoms with Gasteiger partial charge in [0.2, 0.25) is 0 Å². The number of guanidine groups is 1. The molecule has 0 spiro atoms. The van der Waals surface area contributed by atoms with E-state index in [1.807, 2.05) is 12.1 Å². The molecule has 0 amide bonds. The molecule has 0 aliphatic heterocycles. The first-order valence-electron chi connectivity index (χ1n) is 5.24. The number of hydrogen-bond donors (Lipinski definition) is 2. The molecule has 3 N–H and O–H groups in total. The lowest BCUT2D eigenvalue weighted by Gasteiger charge is -2.18. The summed E-state index contributed by atoms with van der Waals surface area (Å²) in [6, 6.07) is 8.19. The van der Waals surface area contributed by atoms with Crippen molar-refractivity contribution in [3.63, 3.8) is 0 Å². The molecule has 3 heteroatoms. The second-order valence-electron chi connectivity index (χ2n) is 3.85. The van der Waals surface area contributed by atoms with Crippen LogP contribution in [0, 0.1) is 5.41 Å². The highest BCUT2D eigenvalue weighted by molar-refractivity contribution is 5.91. The first kappa shape index (κ1) is 11.6. The van der Waals surface area contributed by atoms with Crippen molar-refractivity contribution in [3.8, 4) is 0 Å². The maximum atomic E-state index is 7.36. The Morgan fingerprint density at radius 3 is 2.73 bits per heavy atom. The Labute approximate surface area is 91.4 Å². The van der Waals surface area contributed by atoms with Crippen molar-refractivity contribution in [1.82, 2.24) is 0 Å². The molecule has 1 aromatic carbocycles. The molecule has 0 aromatic heterocycles. The molecule has 82 valence electrons. The van der Waals surface area contributed by atoms with Crippen LogP contribution in [0.15, 0.2) is 24.3 Å². The first-order chi connectivity index (χ1) is 7.06. The normalized spacial score (nSPS) is 12.2. The maximum Gasteiger partial charge on any atom is 0.192 e. The summed E-state index contributed by atoms with van der Waals surface area (Å²) in [5.41, 5.74) is 7.70. The summed E-state index contributed by atoms with van der Waals surface area (Å²) >= 11 is 0. The molecule has 1 unspecified atom stereocenters. The number of anilines is 1. The van der Waals surface area contributed by atoms with E-state index in [0.29, 0.717) is 5.92 Å². The number of hydrogen-bond acceptors (Lipinski definition) is 1. The fraction of sp³-hybridized carbons (Fsp3) is 0.417. The maximum absolute atomic E-state index is 7.36. The van der Waals surface area contributed by atoms with E-state index < -0.39 is 0 Å². The third-order valence-electron chi connectivity index (χ3n) is 2.80. The Morgan fingerprint density at radius 2 is 2.20 bits per heavy atom. The van der Waals surface area contributed by atoms with E-state index in [4.69, 9.17) is 11.1 Å². The van der Waals surface area contributed by atoms with Gasteiger partial charge in [0, 0.05) is 12.7 Å². The lowest BCUT2D eigenvalue weighted by atomic mass is 9.98. The van der Waals surface area contributed by atoms with E-state index in [9.17, 15) is 0 Å². The standard InChI is InChI=1S/C12H19N3/c1-4-9(2)10-6-5-7-11(8-10)15(3)12(13)14/h5-9H,4H2,1-3H3,(H3,13,14). The van der Waals surface area contributed by atoms with Crippen LogP contribution in [0.5, 0.6) is 0 Å². The topological polar surface area (TPSA) is 53.1 Å². The smallest absolute Gasteiger partial charge is 0.192 e. The van der Waals surface area contributed by atoms with Crippen LogP contribution in [-0.2, 0) is 0 Å². The summed E-state index contributed by atoms with van der Waals surface area (Å²) in [6.07, 6.45) is 1.12. The molecule has 1 rings (SSSR count). The van der Waals surface area contributed by atoms with Crippen LogP contribution in [0.1, 0.15) is 31.7 Å². The summed E-state index contributed by atoms with van der Waals surface area (Å²) < 4.78 is 0. The minimum atomic E-state index is 0.0660. The quantitative estimate of drug-likeness (QED) is 0.588. The molecular weight excluding hydrogens is 186 g/mol. The molecule has 3 nitrogen and oxygen atoms in total. The molecule has 0 fully saturated rings. The summed E-state index contributed by atoms with van der Waals surface area (Å²) in [5.74, 6) is 0.613. The van der Waals surface area contributed by atoms with Crippen LogP contribution in [-0.4, -0.2) is 13.0 Å². The van der Waals surface area contributed by atoms with Gasteiger partial charge < -0.3 is 10.6 Å². The van der Waals surface area contributed by atoms with Gasteiger partial charge in [-0.1, -0.05) is 26.0 Å². The summed E-state index contributed by atoms with van der Waals surface area (Å²) in [7, 11) is 1.80. The van der Waals surface area contributed by atoms with Crippen LogP contribution < -0.4 is 10.6 Å². The summed E-state index contributed by atoms with van der Waals surface area (Å²) in [6.45, 7) is 4.37. The first-order valence-corrected chi connectivity index (χ1v) is 5.24. The Hall–Kier alpha value is -1.51. The summed E-state index contributed by atoms with van der Waals surface area (Å²) in [4.78, 5) is 1.67. The molecular formula is C12H19N3. The zero-order valence-electron chi connectivity index (χ0n) is 9.62. The van der Waals surface area contributed by atoms with Crippen molar-refractivity contribution in [2.45, 2.75) is 26.2 Å². The van der Waals surface area contributed by atoms with E-state index in [1.54, 1.807) is 11.9 Å². The fourth-order valence-electron chi connectivity index (χ4n) is 1.41. The third-order valence-corrected chi connectivity index (χ3v) is 2.80. The highest BCUT2D eigenvalue weighted by Crippen LogP contribution is 2.23. The largest absolute Gasteiger partial charge is 0.370 e. The molecule has 1 atom stereocenters. The molecule has 0 saturated heterocycles. The van der Waals surface area contributed by atoms with Gasteiger partial charge in [-0.25, -0.2) is 0 Å². The van der Waals surface area contributed by atoms with E-state index in [0.717, 1.165) is 12.1 Å². The molecule has 0 heterocycles. The molecule has 0 radical (unpaired) electrons. The Bertz CT molecular complexity index is 346. The Balaban J connectivity index is 2.97. The number of benzene rings is 1. The van der Waals surface area contributed by atoms with Crippen LogP contribution in [0.25, 0.3) is 0 Å². The Morgan fingerprint density at radius 1 is 1.53 bits per heavy atom. The molecule has 1 aromatic rings. The van der Waals surface area contributed by atoms with Gasteiger partial charge in [0.1, 0.15) is 0 Å². The monoisotopic (exact) mass is 205 g/mol. The molecule has 0 saturated carbocycles. The zero-order chi connectivity index (χ0) is 11.4. The van der Waals surface area contributed by atoms with Crippen molar-refractivity contribution in [3.05, 3.63) is 29.8 Å². The SMILES string of the molecule is CCC(C)c1cccc(N(C)C(=N)N)c1. The van der Waals surface area contributed by atoms with Crippen LogP contribution in [0.3, 0.4) is 0 Å². The van der Waals surface area contributed by atoms with Gasteiger partial charge in [-0.05, 0) is 30.0 Å². The van der Waals surface area contributed by atoms with Gasteiger partial charge in [0.15, 0.2) is 5.96 Å². The van der Waals surface area contributed by atoms with Crippen molar-refractivity contribution in [2.75, 3.05) is 11.9 Å². The number of nitrogens with two attached hydrogens (primary N) is 1. The van der Waals surface area contributed by atoms with Crippen molar-refractivity contribution in [1.29, 1.82) is 5.41 Å². The second kappa shape index (κ2) is 4.82. The average molecular weight is 205 g/mol. The van der Waals surface area contributed by atoms with Crippen molar-refractivity contribution < 1.29 is 0 Å². The van der Waals surface area contributed by atoms with Gasteiger partial charge in [-0.15, -0.1) is 0 Å². The van der Waals surface area contributed by atoms with Crippen molar-refractivity contribution >= 4 is 11.6 Å². The molecule has 0 aliphatic rings. The van der Waals surface area contributed by atoms with Crippen molar-refractivity contribution in [2.24, 2.45) is 5.73 Å². The van der Waals surface area contributed by atoms with Gasteiger partial charge in [0.25, 0.3) is 0 Å². The number of rotatable bonds is 3. The molecule has 15 heavy (non-hydrogen) atoms. The van der Waals surface area contributed by atoms with E-state index >= 15 is 0 Å². The third kappa shape index (κ3) is 2.72. The number of nitrogens with one attached hydrogen (secondary N) is 1.